The number of benzene rings is 1. The van der Waals surface area contributed by atoms with Crippen LogP contribution in [0.4, 0.5) is 0 Å². The van der Waals surface area contributed by atoms with Gasteiger partial charge >= 0.3 is 0 Å². The van der Waals surface area contributed by atoms with Gasteiger partial charge in [0.25, 0.3) is 0 Å². The van der Waals surface area contributed by atoms with E-state index in [1.807, 2.05) is 36.0 Å². The van der Waals surface area contributed by atoms with Crippen LogP contribution in [0.15, 0.2) is 29.2 Å². The third-order valence-corrected chi connectivity index (χ3v) is 3.66. The van der Waals surface area contributed by atoms with Gasteiger partial charge in [-0.2, -0.15) is 0 Å². The zero-order chi connectivity index (χ0) is 11.8. The van der Waals surface area contributed by atoms with Gasteiger partial charge in [0.05, 0.1) is 5.88 Å². The van der Waals surface area contributed by atoms with Crippen LogP contribution in [-0.2, 0) is 0 Å². The van der Waals surface area contributed by atoms with E-state index in [2.05, 4.69) is 6.92 Å². The van der Waals surface area contributed by atoms with Gasteiger partial charge in [-0.15, -0.1) is 23.4 Å². The molecule has 1 rings (SSSR count). The van der Waals surface area contributed by atoms with Gasteiger partial charge in [0.2, 0.25) is 0 Å². The number of alkyl halides is 1. The smallest absolute Gasteiger partial charge is 0.177 e. The van der Waals surface area contributed by atoms with E-state index in [0.29, 0.717) is 5.56 Å². The summed E-state index contributed by atoms with van der Waals surface area (Å²) in [6.07, 6.45) is 3.79. The molecule has 0 unspecified atom stereocenters. The molecule has 0 spiro atoms. The van der Waals surface area contributed by atoms with Gasteiger partial charge in [0, 0.05) is 10.5 Å². The Morgan fingerprint density at radius 3 is 2.50 bits per heavy atom. The van der Waals surface area contributed by atoms with Crippen LogP contribution in [-0.4, -0.2) is 17.4 Å². The normalized spacial score (nSPS) is 10.4. The van der Waals surface area contributed by atoms with Crippen molar-refractivity contribution in [3.8, 4) is 0 Å². The zero-order valence-corrected chi connectivity index (χ0v) is 11.1. The molecule has 0 aliphatic heterocycles. The largest absolute Gasteiger partial charge is 0.293 e. The van der Waals surface area contributed by atoms with Gasteiger partial charge in [-0.05, 0) is 24.3 Å². The van der Waals surface area contributed by atoms with E-state index in [4.69, 9.17) is 11.6 Å². The Morgan fingerprint density at radius 1 is 1.25 bits per heavy atom. The molecule has 0 aliphatic carbocycles. The highest BCUT2D eigenvalue weighted by atomic mass is 35.5. The Bertz CT molecular complexity index is 321. The SMILES string of the molecule is CCCCCSc1ccc(C(=O)CCl)cc1. The molecule has 1 nitrogen and oxygen atoms in total. The molecule has 0 aliphatic rings. The minimum Gasteiger partial charge on any atom is -0.293 e. The first-order valence-corrected chi connectivity index (χ1v) is 7.12. The lowest BCUT2D eigenvalue weighted by molar-refractivity contribution is 0.102. The number of hydrogen-bond acceptors (Lipinski definition) is 2. The summed E-state index contributed by atoms with van der Waals surface area (Å²) in [5.74, 6) is 1.20. The van der Waals surface area contributed by atoms with Gasteiger partial charge in [0.1, 0.15) is 0 Å². The van der Waals surface area contributed by atoms with E-state index in [0.717, 1.165) is 5.75 Å². The summed E-state index contributed by atoms with van der Waals surface area (Å²) in [4.78, 5) is 12.5. The maximum absolute atomic E-state index is 11.3. The van der Waals surface area contributed by atoms with Crippen molar-refractivity contribution in [1.82, 2.24) is 0 Å². The topological polar surface area (TPSA) is 17.1 Å². The number of unbranched alkanes of at least 4 members (excludes halogenated alkanes) is 2. The Labute approximate surface area is 107 Å². The third kappa shape index (κ3) is 4.58. The molecule has 16 heavy (non-hydrogen) atoms. The summed E-state index contributed by atoms with van der Waals surface area (Å²) >= 11 is 7.33. The van der Waals surface area contributed by atoms with Crippen molar-refractivity contribution in [1.29, 1.82) is 0 Å². The Morgan fingerprint density at radius 2 is 1.94 bits per heavy atom. The molecular weight excluding hydrogens is 240 g/mol. The van der Waals surface area contributed by atoms with Crippen LogP contribution in [0, 0.1) is 0 Å². The van der Waals surface area contributed by atoms with Gasteiger partial charge < -0.3 is 0 Å². The van der Waals surface area contributed by atoms with Crippen LogP contribution < -0.4 is 0 Å². The number of carbonyl (C=O) groups excluding carboxylic acids is 1. The quantitative estimate of drug-likeness (QED) is 0.312. The van der Waals surface area contributed by atoms with Crippen LogP contribution in [0.3, 0.4) is 0 Å². The molecule has 0 amide bonds. The number of carbonyl (C=O) groups is 1. The van der Waals surface area contributed by atoms with E-state index in [1.54, 1.807) is 0 Å². The summed E-state index contributed by atoms with van der Waals surface area (Å²) in [6, 6.07) is 7.70. The van der Waals surface area contributed by atoms with Crippen molar-refractivity contribution in [3.05, 3.63) is 29.8 Å². The van der Waals surface area contributed by atoms with Crippen molar-refractivity contribution < 1.29 is 4.79 Å². The van der Waals surface area contributed by atoms with Crippen LogP contribution in [0.5, 0.6) is 0 Å². The molecule has 0 radical (unpaired) electrons. The van der Waals surface area contributed by atoms with E-state index in [1.165, 1.54) is 24.2 Å². The van der Waals surface area contributed by atoms with Crippen molar-refractivity contribution in [2.45, 2.75) is 31.1 Å². The maximum Gasteiger partial charge on any atom is 0.177 e. The zero-order valence-electron chi connectivity index (χ0n) is 9.54. The first-order valence-electron chi connectivity index (χ1n) is 5.60. The average molecular weight is 257 g/mol. The Kier molecular flexibility index (Phi) is 6.58. The highest BCUT2D eigenvalue weighted by molar-refractivity contribution is 7.99. The second kappa shape index (κ2) is 7.75. The third-order valence-electron chi connectivity index (χ3n) is 2.31. The predicted molar refractivity (Wildman–Crippen MR) is 71.7 cm³/mol. The fourth-order valence-corrected chi connectivity index (χ4v) is 2.42. The van der Waals surface area contributed by atoms with Gasteiger partial charge in [-0.1, -0.05) is 31.9 Å². The summed E-state index contributed by atoms with van der Waals surface area (Å²) in [5.41, 5.74) is 0.702. The molecule has 1 aromatic carbocycles. The first-order chi connectivity index (χ1) is 7.77. The lowest BCUT2D eigenvalue weighted by Gasteiger charge is -2.02. The van der Waals surface area contributed by atoms with E-state index < -0.39 is 0 Å². The summed E-state index contributed by atoms with van der Waals surface area (Å²) in [7, 11) is 0. The van der Waals surface area contributed by atoms with Crippen molar-refractivity contribution in [3.63, 3.8) is 0 Å². The fourth-order valence-electron chi connectivity index (χ4n) is 1.36. The lowest BCUT2D eigenvalue weighted by atomic mass is 10.1. The van der Waals surface area contributed by atoms with E-state index in [9.17, 15) is 4.79 Å². The molecular formula is C13H17ClOS. The Hall–Kier alpha value is -0.470. The monoisotopic (exact) mass is 256 g/mol. The minimum atomic E-state index is -0.0100. The number of rotatable bonds is 7. The maximum atomic E-state index is 11.3. The summed E-state index contributed by atoms with van der Waals surface area (Å²) < 4.78 is 0. The number of thioether (sulfide) groups is 1. The molecule has 88 valence electrons. The van der Waals surface area contributed by atoms with Crippen molar-refractivity contribution in [2.24, 2.45) is 0 Å². The van der Waals surface area contributed by atoms with E-state index >= 15 is 0 Å². The van der Waals surface area contributed by atoms with Crippen LogP contribution in [0.1, 0.15) is 36.5 Å². The van der Waals surface area contributed by atoms with Crippen molar-refractivity contribution >= 4 is 29.1 Å². The highest BCUT2D eigenvalue weighted by Crippen LogP contribution is 2.20. The van der Waals surface area contributed by atoms with Crippen LogP contribution in [0.2, 0.25) is 0 Å². The average Bonchev–Trinajstić information content (AvgIpc) is 2.34. The molecule has 3 heteroatoms. The second-order valence-electron chi connectivity index (χ2n) is 3.64. The standard InChI is InChI=1S/C13H17ClOS/c1-2-3-4-9-16-12-7-5-11(6-8-12)13(15)10-14/h5-8H,2-4,9-10H2,1H3. The Balaban J connectivity index is 2.42. The van der Waals surface area contributed by atoms with Gasteiger partial charge in [0.15, 0.2) is 5.78 Å². The summed E-state index contributed by atoms with van der Waals surface area (Å²) in [6.45, 7) is 2.21. The number of hydrogen-bond donors (Lipinski definition) is 0. The van der Waals surface area contributed by atoms with Gasteiger partial charge in [-0.3, -0.25) is 4.79 Å². The molecule has 0 fully saturated rings. The molecule has 0 heterocycles. The number of ketones is 1. The fraction of sp³-hybridized carbons (Fsp3) is 0.462. The van der Waals surface area contributed by atoms with Crippen LogP contribution in [0.25, 0.3) is 0 Å². The number of halogens is 1. The lowest BCUT2D eigenvalue weighted by Crippen LogP contribution is -1.99. The molecule has 0 saturated heterocycles. The molecule has 0 bridgehead atoms. The summed E-state index contributed by atoms with van der Waals surface area (Å²) in [5, 5.41) is 0. The highest BCUT2D eigenvalue weighted by Gasteiger charge is 2.03. The van der Waals surface area contributed by atoms with Gasteiger partial charge in [-0.25, -0.2) is 0 Å². The van der Waals surface area contributed by atoms with Crippen molar-refractivity contribution in [2.75, 3.05) is 11.6 Å². The van der Waals surface area contributed by atoms with Crippen LogP contribution >= 0.6 is 23.4 Å². The predicted octanol–water partition coefficient (Wildman–Crippen LogP) is 4.39. The molecule has 0 saturated carbocycles. The molecule has 0 N–H and O–H groups in total. The molecule has 1 aromatic rings. The second-order valence-corrected chi connectivity index (χ2v) is 5.07. The number of Topliss-reactive ketones (excluding diaryl/α,β-unsaturated/α-hetero) is 1. The first kappa shape index (κ1) is 13.6. The molecule has 0 aromatic heterocycles. The van der Waals surface area contributed by atoms with E-state index in [-0.39, 0.29) is 11.7 Å². The molecule has 0 atom stereocenters. The minimum absolute atomic E-state index is 0.0100.